The highest BCUT2D eigenvalue weighted by atomic mass is 16.3. The van der Waals surface area contributed by atoms with E-state index in [0.29, 0.717) is 18.8 Å². The lowest BCUT2D eigenvalue weighted by molar-refractivity contribution is 0.0738. The molecule has 0 radical (unpaired) electrons. The van der Waals surface area contributed by atoms with E-state index in [-0.39, 0.29) is 12.5 Å². The average molecular weight is 194 g/mol. The van der Waals surface area contributed by atoms with Crippen LogP contribution >= 0.6 is 0 Å². The second-order valence-electron chi connectivity index (χ2n) is 2.85. The number of amides is 1. The largest absolute Gasteiger partial charge is 0.395 e. The first kappa shape index (κ1) is 10.5. The van der Waals surface area contributed by atoms with Gasteiger partial charge in [0.1, 0.15) is 5.69 Å². The molecule has 0 saturated carbocycles. The number of aliphatic hydroxyl groups excluding tert-OH is 1. The van der Waals surface area contributed by atoms with Gasteiger partial charge in [-0.1, -0.05) is 6.08 Å². The SMILES string of the molecule is C=CCN(CCO)C(=O)c1ccc[nH]1. The molecule has 0 aromatic carbocycles. The molecule has 0 spiro atoms. The third-order valence-electron chi connectivity index (χ3n) is 1.83. The third-order valence-corrected chi connectivity index (χ3v) is 1.83. The van der Waals surface area contributed by atoms with E-state index in [9.17, 15) is 4.79 Å². The van der Waals surface area contributed by atoms with Crippen molar-refractivity contribution in [2.24, 2.45) is 0 Å². The van der Waals surface area contributed by atoms with E-state index in [4.69, 9.17) is 5.11 Å². The molecule has 76 valence electrons. The van der Waals surface area contributed by atoms with Gasteiger partial charge in [-0.15, -0.1) is 6.58 Å². The number of hydrogen-bond acceptors (Lipinski definition) is 2. The standard InChI is InChI=1S/C10H14N2O2/c1-2-6-12(7-8-13)10(14)9-4-3-5-11-9/h2-5,11,13H,1,6-8H2. The lowest BCUT2D eigenvalue weighted by Crippen LogP contribution is -2.33. The van der Waals surface area contributed by atoms with Crippen LogP contribution in [0.2, 0.25) is 0 Å². The van der Waals surface area contributed by atoms with Crippen LogP contribution in [0.15, 0.2) is 31.0 Å². The highest BCUT2D eigenvalue weighted by Gasteiger charge is 2.13. The Hall–Kier alpha value is -1.55. The minimum absolute atomic E-state index is 0.0414. The number of carbonyl (C=O) groups is 1. The summed E-state index contributed by atoms with van der Waals surface area (Å²) in [6.45, 7) is 4.29. The van der Waals surface area contributed by atoms with Crippen LogP contribution in [0.5, 0.6) is 0 Å². The minimum Gasteiger partial charge on any atom is -0.395 e. The summed E-state index contributed by atoms with van der Waals surface area (Å²) in [5, 5.41) is 8.77. The van der Waals surface area contributed by atoms with Gasteiger partial charge in [0, 0.05) is 19.3 Å². The van der Waals surface area contributed by atoms with E-state index < -0.39 is 0 Å². The van der Waals surface area contributed by atoms with E-state index >= 15 is 0 Å². The zero-order chi connectivity index (χ0) is 10.4. The molecule has 0 bridgehead atoms. The number of aromatic amines is 1. The molecular formula is C10H14N2O2. The maximum atomic E-state index is 11.7. The molecule has 0 aliphatic rings. The number of rotatable bonds is 5. The molecule has 1 aromatic rings. The molecule has 0 aliphatic heterocycles. The fourth-order valence-electron chi connectivity index (χ4n) is 1.19. The Kier molecular flexibility index (Phi) is 3.94. The number of nitrogens with zero attached hydrogens (tertiary/aromatic N) is 1. The molecule has 4 heteroatoms. The Labute approximate surface area is 82.9 Å². The van der Waals surface area contributed by atoms with Crippen molar-refractivity contribution >= 4 is 5.91 Å². The fourth-order valence-corrected chi connectivity index (χ4v) is 1.19. The summed E-state index contributed by atoms with van der Waals surface area (Å²) in [5.74, 6) is -0.121. The van der Waals surface area contributed by atoms with Crippen LogP contribution in [0.25, 0.3) is 0 Å². The highest BCUT2D eigenvalue weighted by molar-refractivity contribution is 5.92. The number of aromatic nitrogens is 1. The summed E-state index contributed by atoms with van der Waals surface area (Å²) in [7, 11) is 0. The van der Waals surface area contributed by atoms with Gasteiger partial charge in [0.25, 0.3) is 5.91 Å². The van der Waals surface area contributed by atoms with E-state index in [1.165, 1.54) is 4.90 Å². The summed E-state index contributed by atoms with van der Waals surface area (Å²) in [6.07, 6.45) is 3.33. The Morgan fingerprint density at radius 2 is 2.50 bits per heavy atom. The van der Waals surface area contributed by atoms with Crippen LogP contribution in [0.4, 0.5) is 0 Å². The van der Waals surface area contributed by atoms with Crippen molar-refractivity contribution in [1.82, 2.24) is 9.88 Å². The summed E-state index contributed by atoms with van der Waals surface area (Å²) < 4.78 is 0. The monoisotopic (exact) mass is 194 g/mol. The molecular weight excluding hydrogens is 180 g/mol. The molecule has 1 aromatic heterocycles. The summed E-state index contributed by atoms with van der Waals surface area (Å²) >= 11 is 0. The van der Waals surface area contributed by atoms with Crippen LogP contribution in [-0.2, 0) is 0 Å². The molecule has 0 fully saturated rings. The van der Waals surface area contributed by atoms with Crippen LogP contribution in [0, 0.1) is 0 Å². The summed E-state index contributed by atoms with van der Waals surface area (Å²) in [6, 6.07) is 3.47. The van der Waals surface area contributed by atoms with Gasteiger partial charge in [0.15, 0.2) is 0 Å². The predicted octanol–water partition coefficient (Wildman–Crippen LogP) is 0.635. The lowest BCUT2D eigenvalue weighted by Gasteiger charge is -2.18. The first-order valence-electron chi connectivity index (χ1n) is 4.44. The van der Waals surface area contributed by atoms with E-state index in [2.05, 4.69) is 11.6 Å². The lowest BCUT2D eigenvalue weighted by atomic mass is 10.3. The highest BCUT2D eigenvalue weighted by Crippen LogP contribution is 2.01. The van der Waals surface area contributed by atoms with Crippen molar-refractivity contribution in [3.05, 3.63) is 36.7 Å². The summed E-state index contributed by atoms with van der Waals surface area (Å²) in [4.78, 5) is 16.1. The van der Waals surface area contributed by atoms with Gasteiger partial charge in [-0.3, -0.25) is 4.79 Å². The Bertz CT molecular complexity index is 293. The number of nitrogens with one attached hydrogen (secondary N) is 1. The molecule has 0 unspecified atom stereocenters. The van der Waals surface area contributed by atoms with E-state index in [1.807, 2.05) is 0 Å². The second kappa shape index (κ2) is 5.24. The van der Waals surface area contributed by atoms with Crippen molar-refractivity contribution in [3.63, 3.8) is 0 Å². The molecule has 14 heavy (non-hydrogen) atoms. The predicted molar refractivity (Wildman–Crippen MR) is 54.0 cm³/mol. The zero-order valence-electron chi connectivity index (χ0n) is 7.94. The zero-order valence-corrected chi connectivity index (χ0v) is 7.94. The fraction of sp³-hybridized carbons (Fsp3) is 0.300. The quantitative estimate of drug-likeness (QED) is 0.676. The molecule has 2 N–H and O–H groups in total. The van der Waals surface area contributed by atoms with E-state index in [1.54, 1.807) is 24.4 Å². The smallest absolute Gasteiger partial charge is 0.270 e. The number of carbonyl (C=O) groups excluding carboxylic acids is 1. The van der Waals surface area contributed by atoms with Gasteiger partial charge < -0.3 is 15.0 Å². The van der Waals surface area contributed by atoms with Gasteiger partial charge in [-0.25, -0.2) is 0 Å². The van der Waals surface area contributed by atoms with Crippen LogP contribution in [0.1, 0.15) is 10.5 Å². The van der Waals surface area contributed by atoms with Gasteiger partial charge >= 0.3 is 0 Å². The summed E-state index contributed by atoms with van der Waals surface area (Å²) in [5.41, 5.74) is 0.528. The van der Waals surface area contributed by atoms with Crippen LogP contribution < -0.4 is 0 Å². The minimum atomic E-state index is -0.121. The Morgan fingerprint density at radius 3 is 3.00 bits per heavy atom. The Morgan fingerprint density at radius 1 is 1.71 bits per heavy atom. The van der Waals surface area contributed by atoms with Crippen molar-refractivity contribution in [2.75, 3.05) is 19.7 Å². The first-order chi connectivity index (χ1) is 6.79. The van der Waals surface area contributed by atoms with E-state index in [0.717, 1.165) is 0 Å². The molecule has 4 nitrogen and oxygen atoms in total. The molecule has 1 heterocycles. The van der Waals surface area contributed by atoms with Crippen molar-refractivity contribution < 1.29 is 9.90 Å². The van der Waals surface area contributed by atoms with Crippen molar-refractivity contribution in [2.45, 2.75) is 0 Å². The van der Waals surface area contributed by atoms with Gasteiger partial charge in [0.2, 0.25) is 0 Å². The van der Waals surface area contributed by atoms with Gasteiger partial charge in [-0.05, 0) is 12.1 Å². The maximum absolute atomic E-state index is 11.7. The molecule has 1 amide bonds. The average Bonchev–Trinajstić information content (AvgIpc) is 2.69. The number of hydrogen-bond donors (Lipinski definition) is 2. The van der Waals surface area contributed by atoms with Gasteiger partial charge in [-0.2, -0.15) is 0 Å². The normalized spacial score (nSPS) is 9.79. The van der Waals surface area contributed by atoms with Crippen molar-refractivity contribution in [3.8, 4) is 0 Å². The van der Waals surface area contributed by atoms with Gasteiger partial charge in [0.05, 0.1) is 6.61 Å². The molecule has 0 atom stereocenters. The third kappa shape index (κ3) is 2.47. The van der Waals surface area contributed by atoms with Crippen molar-refractivity contribution in [1.29, 1.82) is 0 Å². The molecule has 0 aliphatic carbocycles. The molecule has 0 saturated heterocycles. The Balaban J connectivity index is 2.68. The van der Waals surface area contributed by atoms with Crippen LogP contribution in [0.3, 0.4) is 0 Å². The second-order valence-corrected chi connectivity index (χ2v) is 2.85. The number of H-pyrrole nitrogens is 1. The number of aliphatic hydroxyl groups is 1. The first-order valence-corrected chi connectivity index (χ1v) is 4.44. The topological polar surface area (TPSA) is 56.3 Å². The maximum Gasteiger partial charge on any atom is 0.270 e. The molecule has 1 rings (SSSR count). The van der Waals surface area contributed by atoms with Crippen LogP contribution in [-0.4, -0.2) is 40.6 Å².